The standard InChI is InChI=1S/C8H14N4O3/c1-4-15-7(13)6-9-10-11-12(6)5-8(2,3)14/h14H,4-5H2,1-3H3. The van der Waals surface area contributed by atoms with Gasteiger partial charge in [-0.25, -0.2) is 9.48 Å². The van der Waals surface area contributed by atoms with Crippen molar-refractivity contribution in [3.8, 4) is 0 Å². The molecule has 84 valence electrons. The molecule has 0 atom stereocenters. The van der Waals surface area contributed by atoms with Gasteiger partial charge in [-0.2, -0.15) is 0 Å². The zero-order chi connectivity index (χ0) is 11.5. The van der Waals surface area contributed by atoms with E-state index >= 15 is 0 Å². The van der Waals surface area contributed by atoms with Gasteiger partial charge in [-0.05, 0) is 31.2 Å². The summed E-state index contributed by atoms with van der Waals surface area (Å²) in [6.07, 6.45) is 0. The Morgan fingerprint density at radius 3 is 2.80 bits per heavy atom. The van der Waals surface area contributed by atoms with Crippen LogP contribution in [0.4, 0.5) is 0 Å². The summed E-state index contributed by atoms with van der Waals surface area (Å²) in [4.78, 5) is 11.3. The van der Waals surface area contributed by atoms with Crippen molar-refractivity contribution in [2.45, 2.75) is 32.9 Å². The van der Waals surface area contributed by atoms with Crippen LogP contribution < -0.4 is 0 Å². The van der Waals surface area contributed by atoms with Crippen LogP contribution in [0, 0.1) is 0 Å². The number of aromatic nitrogens is 4. The van der Waals surface area contributed by atoms with Gasteiger partial charge < -0.3 is 9.84 Å². The second-order valence-electron chi connectivity index (χ2n) is 3.69. The highest BCUT2D eigenvalue weighted by molar-refractivity contribution is 5.85. The molecule has 0 aliphatic heterocycles. The molecule has 0 unspecified atom stereocenters. The molecule has 1 aromatic heterocycles. The van der Waals surface area contributed by atoms with Crippen molar-refractivity contribution in [1.29, 1.82) is 0 Å². The Bertz CT molecular complexity index is 342. The predicted molar refractivity (Wildman–Crippen MR) is 50.1 cm³/mol. The minimum Gasteiger partial charge on any atom is -0.460 e. The Kier molecular flexibility index (Phi) is 3.35. The van der Waals surface area contributed by atoms with Crippen LogP contribution in [-0.4, -0.2) is 43.5 Å². The fourth-order valence-electron chi connectivity index (χ4n) is 1.02. The summed E-state index contributed by atoms with van der Waals surface area (Å²) in [5.41, 5.74) is -0.989. The van der Waals surface area contributed by atoms with Crippen LogP contribution in [0.1, 0.15) is 31.4 Å². The summed E-state index contributed by atoms with van der Waals surface area (Å²) >= 11 is 0. The average Bonchev–Trinajstić information content (AvgIpc) is 2.49. The SMILES string of the molecule is CCOC(=O)c1nnnn1CC(C)(C)O. The van der Waals surface area contributed by atoms with E-state index in [0.717, 1.165) is 0 Å². The smallest absolute Gasteiger partial charge is 0.378 e. The number of tetrazole rings is 1. The monoisotopic (exact) mass is 214 g/mol. The van der Waals surface area contributed by atoms with E-state index in [1.807, 2.05) is 0 Å². The lowest BCUT2D eigenvalue weighted by molar-refractivity contribution is 0.0444. The van der Waals surface area contributed by atoms with Gasteiger partial charge in [0.1, 0.15) is 0 Å². The number of ether oxygens (including phenoxy) is 1. The summed E-state index contributed by atoms with van der Waals surface area (Å²) in [5, 5.41) is 20.1. The zero-order valence-electron chi connectivity index (χ0n) is 8.97. The molecule has 0 aromatic carbocycles. The predicted octanol–water partition coefficient (Wildman–Crippen LogP) is -0.379. The van der Waals surface area contributed by atoms with Crippen molar-refractivity contribution in [3.05, 3.63) is 5.82 Å². The number of carbonyl (C=O) groups is 1. The summed E-state index contributed by atoms with van der Waals surface area (Å²) < 4.78 is 5.98. The quantitative estimate of drug-likeness (QED) is 0.687. The molecule has 0 saturated carbocycles. The maximum Gasteiger partial charge on any atom is 0.378 e. The van der Waals surface area contributed by atoms with Crippen molar-refractivity contribution >= 4 is 5.97 Å². The molecule has 0 amide bonds. The molecule has 0 aliphatic carbocycles. The van der Waals surface area contributed by atoms with Gasteiger partial charge in [0, 0.05) is 0 Å². The van der Waals surface area contributed by atoms with Crippen molar-refractivity contribution in [1.82, 2.24) is 20.2 Å². The first-order chi connectivity index (χ1) is 6.94. The topological polar surface area (TPSA) is 90.1 Å². The van der Waals surface area contributed by atoms with E-state index in [2.05, 4.69) is 15.5 Å². The van der Waals surface area contributed by atoms with Gasteiger partial charge in [-0.3, -0.25) is 0 Å². The first kappa shape index (κ1) is 11.6. The van der Waals surface area contributed by atoms with E-state index in [0.29, 0.717) is 0 Å². The van der Waals surface area contributed by atoms with E-state index in [4.69, 9.17) is 4.74 Å². The molecule has 7 heteroatoms. The molecular formula is C8H14N4O3. The lowest BCUT2D eigenvalue weighted by Gasteiger charge is -2.16. The average molecular weight is 214 g/mol. The molecule has 0 fully saturated rings. The minimum absolute atomic E-state index is 0.000949. The van der Waals surface area contributed by atoms with Gasteiger partial charge in [0.15, 0.2) is 0 Å². The Morgan fingerprint density at radius 2 is 2.27 bits per heavy atom. The van der Waals surface area contributed by atoms with Gasteiger partial charge in [0.05, 0.1) is 18.8 Å². The number of esters is 1. The first-order valence-corrected chi connectivity index (χ1v) is 4.59. The molecule has 0 bridgehead atoms. The number of hydrogen-bond acceptors (Lipinski definition) is 6. The van der Waals surface area contributed by atoms with Crippen LogP contribution in [0.5, 0.6) is 0 Å². The molecule has 0 aliphatic rings. The number of rotatable bonds is 4. The Labute approximate surface area is 87.0 Å². The molecule has 7 nitrogen and oxygen atoms in total. The second kappa shape index (κ2) is 4.35. The number of nitrogens with zero attached hydrogens (tertiary/aromatic N) is 4. The lowest BCUT2D eigenvalue weighted by Crippen LogP contribution is -2.29. The maximum atomic E-state index is 11.3. The van der Waals surface area contributed by atoms with Crippen LogP contribution in [0.15, 0.2) is 0 Å². The molecular weight excluding hydrogens is 200 g/mol. The number of hydrogen-bond donors (Lipinski definition) is 1. The van der Waals surface area contributed by atoms with Crippen LogP contribution in [0.25, 0.3) is 0 Å². The lowest BCUT2D eigenvalue weighted by atomic mass is 10.1. The fraction of sp³-hybridized carbons (Fsp3) is 0.750. The van der Waals surface area contributed by atoms with Gasteiger partial charge in [-0.1, -0.05) is 0 Å². The summed E-state index contributed by atoms with van der Waals surface area (Å²) in [7, 11) is 0. The van der Waals surface area contributed by atoms with Crippen molar-refractivity contribution in [3.63, 3.8) is 0 Å². The second-order valence-corrected chi connectivity index (χ2v) is 3.69. The van der Waals surface area contributed by atoms with Gasteiger partial charge in [0.2, 0.25) is 0 Å². The third kappa shape index (κ3) is 3.28. The summed E-state index contributed by atoms with van der Waals surface area (Å²) in [5.74, 6) is -0.592. The highest BCUT2D eigenvalue weighted by Crippen LogP contribution is 2.06. The van der Waals surface area contributed by atoms with Crippen molar-refractivity contribution < 1.29 is 14.6 Å². The normalized spacial score (nSPS) is 11.5. The molecule has 1 aromatic rings. The summed E-state index contributed by atoms with van der Waals surface area (Å²) in [6, 6.07) is 0. The molecule has 0 spiro atoms. The van der Waals surface area contributed by atoms with Crippen LogP contribution in [0.2, 0.25) is 0 Å². The molecule has 1 rings (SSSR count). The Hall–Kier alpha value is -1.50. The third-order valence-corrected chi connectivity index (χ3v) is 1.53. The summed E-state index contributed by atoms with van der Waals surface area (Å²) in [6.45, 7) is 5.29. The molecule has 0 saturated heterocycles. The third-order valence-electron chi connectivity index (χ3n) is 1.53. The first-order valence-electron chi connectivity index (χ1n) is 4.59. The molecule has 0 radical (unpaired) electrons. The van der Waals surface area contributed by atoms with Crippen LogP contribution in [-0.2, 0) is 11.3 Å². The van der Waals surface area contributed by atoms with Gasteiger partial charge >= 0.3 is 5.97 Å². The Morgan fingerprint density at radius 1 is 1.60 bits per heavy atom. The Balaban J connectivity index is 2.82. The molecule has 1 N–H and O–H groups in total. The van der Waals surface area contributed by atoms with E-state index in [9.17, 15) is 9.90 Å². The minimum atomic E-state index is -0.989. The van der Waals surface area contributed by atoms with Gasteiger partial charge in [-0.15, -0.1) is 5.10 Å². The van der Waals surface area contributed by atoms with E-state index in [1.54, 1.807) is 20.8 Å². The van der Waals surface area contributed by atoms with Crippen LogP contribution in [0.3, 0.4) is 0 Å². The van der Waals surface area contributed by atoms with E-state index in [1.165, 1.54) is 4.68 Å². The number of carbonyl (C=O) groups excluding carboxylic acids is 1. The fourth-order valence-corrected chi connectivity index (χ4v) is 1.02. The zero-order valence-corrected chi connectivity index (χ0v) is 8.97. The van der Waals surface area contributed by atoms with E-state index in [-0.39, 0.29) is 19.0 Å². The van der Waals surface area contributed by atoms with E-state index < -0.39 is 11.6 Å². The van der Waals surface area contributed by atoms with Crippen LogP contribution >= 0.6 is 0 Å². The highest BCUT2D eigenvalue weighted by Gasteiger charge is 2.22. The molecule has 15 heavy (non-hydrogen) atoms. The molecule has 1 heterocycles. The van der Waals surface area contributed by atoms with Crippen molar-refractivity contribution in [2.24, 2.45) is 0 Å². The maximum absolute atomic E-state index is 11.3. The highest BCUT2D eigenvalue weighted by atomic mass is 16.5. The number of aliphatic hydroxyl groups is 1. The van der Waals surface area contributed by atoms with Gasteiger partial charge in [0.25, 0.3) is 5.82 Å². The largest absolute Gasteiger partial charge is 0.460 e. The van der Waals surface area contributed by atoms with Crippen molar-refractivity contribution in [2.75, 3.05) is 6.61 Å².